The van der Waals surface area contributed by atoms with Gasteiger partial charge in [-0.1, -0.05) is 36.8 Å². The van der Waals surface area contributed by atoms with E-state index in [4.69, 9.17) is 0 Å². The summed E-state index contributed by atoms with van der Waals surface area (Å²) in [6.07, 6.45) is 10.2. The minimum absolute atomic E-state index is 0.924. The quantitative estimate of drug-likeness (QED) is 0.820. The molecule has 2 fully saturated rings. The zero-order valence-electron chi connectivity index (χ0n) is 13.6. The molecule has 1 aliphatic carbocycles. The second-order valence-electron chi connectivity index (χ2n) is 7.27. The fraction of sp³-hybridized carbons (Fsp3) is 0.684. The van der Waals surface area contributed by atoms with Crippen LogP contribution in [0.15, 0.2) is 30.3 Å². The van der Waals surface area contributed by atoms with Gasteiger partial charge in [-0.15, -0.1) is 0 Å². The summed E-state index contributed by atoms with van der Waals surface area (Å²) in [5, 5.41) is 0. The highest BCUT2D eigenvalue weighted by molar-refractivity contribution is 5.13. The SMILES string of the molecule is C[NH+](C1CCCCC1)C1CC[NH+](Cc2ccccc2)CC1. The van der Waals surface area contributed by atoms with Gasteiger partial charge in [0.05, 0.1) is 32.2 Å². The highest BCUT2D eigenvalue weighted by Crippen LogP contribution is 2.16. The lowest BCUT2D eigenvalue weighted by atomic mass is 9.92. The third-order valence-electron chi connectivity index (χ3n) is 5.88. The van der Waals surface area contributed by atoms with Gasteiger partial charge in [0, 0.05) is 18.4 Å². The Morgan fingerprint density at radius 2 is 1.52 bits per heavy atom. The van der Waals surface area contributed by atoms with Gasteiger partial charge in [0.2, 0.25) is 0 Å². The Bertz CT molecular complexity index is 403. The molecular weight excluding hydrogens is 256 g/mol. The standard InChI is InChI=1S/C19H30N2/c1-20(18-10-6-3-7-11-18)19-12-14-21(15-13-19)16-17-8-4-2-5-9-17/h2,4-5,8-9,18-19H,3,6-7,10-16H2,1H3/p+2. The van der Waals surface area contributed by atoms with Crippen LogP contribution in [0.25, 0.3) is 0 Å². The molecule has 1 unspecified atom stereocenters. The van der Waals surface area contributed by atoms with Gasteiger partial charge in [-0.3, -0.25) is 0 Å². The van der Waals surface area contributed by atoms with Gasteiger partial charge >= 0.3 is 0 Å². The summed E-state index contributed by atoms with van der Waals surface area (Å²) in [5.74, 6) is 0. The van der Waals surface area contributed by atoms with Crippen LogP contribution in [0, 0.1) is 0 Å². The van der Waals surface area contributed by atoms with Gasteiger partial charge in [0.25, 0.3) is 0 Å². The van der Waals surface area contributed by atoms with Crippen LogP contribution in [0.5, 0.6) is 0 Å². The van der Waals surface area contributed by atoms with E-state index in [9.17, 15) is 0 Å². The molecule has 0 bridgehead atoms. The van der Waals surface area contributed by atoms with Crippen molar-refractivity contribution >= 4 is 0 Å². The van der Waals surface area contributed by atoms with E-state index in [0.29, 0.717) is 0 Å². The van der Waals surface area contributed by atoms with Crippen LogP contribution in [0.4, 0.5) is 0 Å². The molecule has 0 radical (unpaired) electrons. The topological polar surface area (TPSA) is 8.88 Å². The lowest BCUT2D eigenvalue weighted by Gasteiger charge is -2.37. The van der Waals surface area contributed by atoms with E-state index in [1.807, 2.05) is 4.90 Å². The Kier molecular flexibility index (Phi) is 5.32. The zero-order valence-corrected chi connectivity index (χ0v) is 13.6. The molecule has 1 aromatic carbocycles. The normalized spacial score (nSPS) is 29.2. The van der Waals surface area contributed by atoms with Crippen LogP contribution in [0.3, 0.4) is 0 Å². The maximum absolute atomic E-state index is 2.48. The van der Waals surface area contributed by atoms with Crippen molar-refractivity contribution in [1.29, 1.82) is 0 Å². The van der Waals surface area contributed by atoms with Crippen molar-refractivity contribution in [3.05, 3.63) is 35.9 Å². The second kappa shape index (κ2) is 7.42. The number of likely N-dealkylation sites (tertiary alicyclic amines) is 1. The van der Waals surface area contributed by atoms with Crippen LogP contribution in [-0.2, 0) is 6.54 Å². The molecule has 3 rings (SSSR count). The molecular formula is C19H32N2+2. The summed E-state index contributed by atoms with van der Waals surface area (Å²) in [7, 11) is 2.48. The highest BCUT2D eigenvalue weighted by atomic mass is 15.2. The number of quaternary nitrogens is 2. The third-order valence-corrected chi connectivity index (χ3v) is 5.88. The first-order valence-corrected chi connectivity index (χ1v) is 9.04. The molecule has 21 heavy (non-hydrogen) atoms. The highest BCUT2D eigenvalue weighted by Gasteiger charge is 2.32. The van der Waals surface area contributed by atoms with Crippen molar-refractivity contribution < 1.29 is 9.80 Å². The molecule has 1 aliphatic heterocycles. The fourth-order valence-corrected chi connectivity index (χ4v) is 4.43. The van der Waals surface area contributed by atoms with Crippen molar-refractivity contribution in [2.24, 2.45) is 0 Å². The number of piperidine rings is 1. The van der Waals surface area contributed by atoms with Crippen molar-refractivity contribution in [2.75, 3.05) is 20.1 Å². The lowest BCUT2D eigenvalue weighted by molar-refractivity contribution is -0.967. The molecule has 2 N–H and O–H groups in total. The molecule has 2 nitrogen and oxygen atoms in total. The van der Waals surface area contributed by atoms with E-state index in [0.717, 1.165) is 12.1 Å². The van der Waals surface area contributed by atoms with Crippen molar-refractivity contribution in [1.82, 2.24) is 0 Å². The first-order valence-electron chi connectivity index (χ1n) is 9.04. The van der Waals surface area contributed by atoms with E-state index in [1.165, 1.54) is 70.1 Å². The first kappa shape index (κ1) is 15.1. The minimum Gasteiger partial charge on any atom is -0.332 e. The van der Waals surface area contributed by atoms with Gasteiger partial charge in [0.1, 0.15) is 6.54 Å². The maximum Gasteiger partial charge on any atom is 0.103 e. The summed E-state index contributed by atoms with van der Waals surface area (Å²) in [5.41, 5.74) is 1.50. The minimum atomic E-state index is 0.924. The molecule has 1 saturated carbocycles. The smallest absolute Gasteiger partial charge is 0.103 e. The fourth-order valence-electron chi connectivity index (χ4n) is 4.43. The summed E-state index contributed by atoms with van der Waals surface area (Å²) in [6.45, 7) is 3.95. The molecule has 0 amide bonds. The van der Waals surface area contributed by atoms with Crippen LogP contribution < -0.4 is 9.80 Å². The van der Waals surface area contributed by atoms with E-state index in [1.54, 1.807) is 4.90 Å². The van der Waals surface area contributed by atoms with Crippen molar-refractivity contribution in [3.63, 3.8) is 0 Å². The number of benzene rings is 1. The number of rotatable bonds is 4. The van der Waals surface area contributed by atoms with Gasteiger partial charge in [-0.2, -0.15) is 0 Å². The number of hydrogen-bond acceptors (Lipinski definition) is 0. The van der Waals surface area contributed by atoms with Crippen LogP contribution in [0.2, 0.25) is 0 Å². The molecule has 2 aliphatic rings. The Hall–Kier alpha value is -0.860. The molecule has 1 saturated heterocycles. The van der Waals surface area contributed by atoms with E-state index >= 15 is 0 Å². The predicted molar refractivity (Wildman–Crippen MR) is 87.6 cm³/mol. The Morgan fingerprint density at radius 1 is 0.905 bits per heavy atom. The van der Waals surface area contributed by atoms with Gasteiger partial charge in [0.15, 0.2) is 0 Å². The maximum atomic E-state index is 2.48. The van der Waals surface area contributed by atoms with Gasteiger partial charge in [-0.05, 0) is 25.7 Å². The summed E-state index contributed by atoms with van der Waals surface area (Å²) < 4.78 is 0. The number of nitrogens with one attached hydrogen (secondary N) is 2. The molecule has 1 atom stereocenters. The second-order valence-corrected chi connectivity index (χ2v) is 7.27. The Morgan fingerprint density at radius 3 is 2.19 bits per heavy atom. The Balaban J connectivity index is 1.46. The van der Waals surface area contributed by atoms with E-state index in [2.05, 4.69) is 37.4 Å². The van der Waals surface area contributed by atoms with Crippen LogP contribution in [-0.4, -0.2) is 32.2 Å². The summed E-state index contributed by atoms with van der Waals surface area (Å²) in [4.78, 5) is 3.64. The van der Waals surface area contributed by atoms with Gasteiger partial charge in [-0.25, -0.2) is 0 Å². The average molecular weight is 288 g/mol. The largest absolute Gasteiger partial charge is 0.332 e. The van der Waals surface area contributed by atoms with Gasteiger partial charge < -0.3 is 9.80 Å². The number of hydrogen-bond donors (Lipinski definition) is 2. The molecule has 1 heterocycles. The molecule has 2 heteroatoms. The molecule has 1 aromatic rings. The third kappa shape index (κ3) is 4.08. The summed E-state index contributed by atoms with van der Waals surface area (Å²) >= 11 is 0. The molecule has 0 aromatic heterocycles. The first-order chi connectivity index (χ1) is 10.3. The van der Waals surface area contributed by atoms with E-state index in [-0.39, 0.29) is 0 Å². The summed E-state index contributed by atoms with van der Waals surface area (Å²) in [6, 6.07) is 12.9. The van der Waals surface area contributed by atoms with Crippen molar-refractivity contribution in [2.45, 2.75) is 63.6 Å². The molecule has 116 valence electrons. The van der Waals surface area contributed by atoms with Crippen molar-refractivity contribution in [3.8, 4) is 0 Å². The zero-order chi connectivity index (χ0) is 14.5. The van der Waals surface area contributed by atoms with Crippen LogP contribution >= 0.6 is 0 Å². The Labute approximate surface area is 130 Å². The monoisotopic (exact) mass is 288 g/mol. The molecule has 0 spiro atoms. The average Bonchev–Trinajstić information content (AvgIpc) is 2.57. The lowest BCUT2D eigenvalue weighted by Crippen LogP contribution is -3.20. The van der Waals surface area contributed by atoms with Crippen LogP contribution in [0.1, 0.15) is 50.5 Å². The van der Waals surface area contributed by atoms with E-state index < -0.39 is 0 Å². The predicted octanol–water partition coefficient (Wildman–Crippen LogP) is 1.08.